The Morgan fingerprint density at radius 3 is 2.71 bits per heavy atom. The minimum Gasteiger partial charge on any atom is -0.391 e. The zero-order valence-electron chi connectivity index (χ0n) is 15.9. The van der Waals surface area contributed by atoms with Gasteiger partial charge < -0.3 is 10.4 Å². The van der Waals surface area contributed by atoms with Gasteiger partial charge in [-0.15, -0.1) is 5.10 Å². The van der Waals surface area contributed by atoms with Crippen LogP contribution in [0.1, 0.15) is 31.9 Å². The van der Waals surface area contributed by atoms with E-state index in [1.165, 1.54) is 6.07 Å². The van der Waals surface area contributed by atoms with E-state index in [-0.39, 0.29) is 12.5 Å². The Hall–Kier alpha value is -2.87. The van der Waals surface area contributed by atoms with Crippen LogP contribution in [0.3, 0.4) is 0 Å². The number of hydrogen-bond acceptors (Lipinski definition) is 5. The molecule has 1 unspecified atom stereocenters. The molecule has 0 aliphatic heterocycles. The zero-order chi connectivity index (χ0) is 20.1. The van der Waals surface area contributed by atoms with Gasteiger partial charge >= 0.3 is 0 Å². The lowest BCUT2D eigenvalue weighted by atomic mass is 10.1. The van der Waals surface area contributed by atoms with Crippen molar-refractivity contribution < 1.29 is 13.9 Å². The number of hydrogen-bond donors (Lipinski definition) is 2. The SMILES string of the molecule is CCCCC(O)Cn1nc(Nc2ccc(F)c(F)c2)nc1-c1ccnc(C)c1. The molecule has 0 aliphatic carbocycles. The molecule has 6 nitrogen and oxygen atoms in total. The molecule has 8 heteroatoms. The molecule has 0 amide bonds. The van der Waals surface area contributed by atoms with Gasteiger partial charge in [0.25, 0.3) is 0 Å². The molecular formula is C20H23F2N5O. The first-order valence-electron chi connectivity index (χ1n) is 9.24. The maximum absolute atomic E-state index is 13.5. The number of benzene rings is 1. The lowest BCUT2D eigenvalue weighted by molar-refractivity contribution is 0.137. The molecule has 3 aromatic rings. The molecule has 0 bridgehead atoms. The smallest absolute Gasteiger partial charge is 0.247 e. The molecule has 0 saturated heterocycles. The van der Waals surface area contributed by atoms with E-state index in [2.05, 4.69) is 27.3 Å². The van der Waals surface area contributed by atoms with Crippen LogP contribution < -0.4 is 5.32 Å². The first kappa shape index (κ1) is 19.9. The third-order valence-corrected chi connectivity index (χ3v) is 4.28. The van der Waals surface area contributed by atoms with E-state index in [0.717, 1.165) is 36.2 Å². The molecule has 1 atom stereocenters. The molecule has 2 heterocycles. The van der Waals surface area contributed by atoms with Crippen LogP contribution in [-0.2, 0) is 6.54 Å². The number of anilines is 2. The van der Waals surface area contributed by atoms with Gasteiger partial charge in [0.2, 0.25) is 5.95 Å². The largest absolute Gasteiger partial charge is 0.391 e. The van der Waals surface area contributed by atoms with Gasteiger partial charge in [-0.3, -0.25) is 4.98 Å². The normalized spacial score (nSPS) is 12.2. The van der Waals surface area contributed by atoms with Gasteiger partial charge in [-0.05, 0) is 37.6 Å². The summed E-state index contributed by atoms with van der Waals surface area (Å²) in [5.74, 6) is -1.08. The summed E-state index contributed by atoms with van der Waals surface area (Å²) < 4.78 is 28.2. The van der Waals surface area contributed by atoms with Crippen molar-refractivity contribution in [2.45, 2.75) is 45.8 Å². The average molecular weight is 387 g/mol. The molecular weight excluding hydrogens is 364 g/mol. The van der Waals surface area contributed by atoms with Crippen LogP contribution in [0.5, 0.6) is 0 Å². The van der Waals surface area contributed by atoms with Crippen molar-refractivity contribution in [3.63, 3.8) is 0 Å². The van der Waals surface area contributed by atoms with Gasteiger partial charge in [-0.25, -0.2) is 13.5 Å². The molecule has 0 spiro atoms. The minimum atomic E-state index is -0.954. The molecule has 0 radical (unpaired) electrons. The summed E-state index contributed by atoms with van der Waals surface area (Å²) in [5.41, 5.74) is 1.97. The number of unbranched alkanes of at least 4 members (excludes halogenated alkanes) is 1. The molecule has 3 rings (SSSR count). The Labute approximate surface area is 162 Å². The highest BCUT2D eigenvalue weighted by atomic mass is 19.2. The van der Waals surface area contributed by atoms with Gasteiger partial charge in [-0.1, -0.05) is 19.8 Å². The van der Waals surface area contributed by atoms with Gasteiger partial charge in [-0.2, -0.15) is 4.98 Å². The Bertz CT molecular complexity index is 944. The molecule has 1 aromatic carbocycles. The number of nitrogens with one attached hydrogen (secondary N) is 1. The van der Waals surface area contributed by atoms with Crippen LogP contribution in [0.15, 0.2) is 36.5 Å². The molecule has 2 aromatic heterocycles. The summed E-state index contributed by atoms with van der Waals surface area (Å²) in [5, 5.41) is 17.6. The second-order valence-electron chi connectivity index (χ2n) is 6.68. The van der Waals surface area contributed by atoms with Crippen molar-refractivity contribution in [3.05, 3.63) is 53.9 Å². The summed E-state index contributed by atoms with van der Waals surface area (Å²) in [6.07, 6.45) is 3.70. The van der Waals surface area contributed by atoms with E-state index in [0.29, 0.717) is 17.9 Å². The standard InChI is InChI=1S/C20H23F2N5O/c1-3-4-5-16(28)12-27-19(14-8-9-23-13(2)10-14)25-20(26-27)24-15-6-7-17(21)18(22)11-15/h6-11,16,28H,3-5,12H2,1-2H3,(H,24,26). The zero-order valence-corrected chi connectivity index (χ0v) is 15.9. The van der Waals surface area contributed by atoms with Crippen molar-refractivity contribution >= 4 is 11.6 Å². The fourth-order valence-electron chi connectivity index (χ4n) is 2.85. The summed E-state index contributed by atoms with van der Waals surface area (Å²) in [7, 11) is 0. The Balaban J connectivity index is 1.91. The lowest BCUT2D eigenvalue weighted by Crippen LogP contribution is -2.17. The van der Waals surface area contributed by atoms with Crippen molar-refractivity contribution in [3.8, 4) is 11.4 Å². The molecule has 2 N–H and O–H groups in total. The van der Waals surface area contributed by atoms with E-state index in [9.17, 15) is 13.9 Å². The van der Waals surface area contributed by atoms with Gasteiger partial charge in [0.1, 0.15) is 0 Å². The fourth-order valence-corrected chi connectivity index (χ4v) is 2.85. The highest BCUT2D eigenvalue weighted by Crippen LogP contribution is 2.23. The highest BCUT2D eigenvalue weighted by Gasteiger charge is 2.16. The average Bonchev–Trinajstić information content (AvgIpc) is 3.05. The molecule has 148 valence electrons. The number of aliphatic hydroxyl groups excluding tert-OH is 1. The predicted molar refractivity (Wildman–Crippen MR) is 103 cm³/mol. The number of aryl methyl sites for hydroxylation is 1. The second kappa shape index (κ2) is 8.88. The number of halogens is 2. The van der Waals surface area contributed by atoms with E-state index in [4.69, 9.17) is 0 Å². The predicted octanol–water partition coefficient (Wildman–Crippen LogP) is 4.22. The molecule has 0 fully saturated rings. The van der Waals surface area contributed by atoms with Gasteiger partial charge in [0.05, 0.1) is 12.6 Å². The molecule has 0 aliphatic rings. The first-order valence-corrected chi connectivity index (χ1v) is 9.24. The third-order valence-electron chi connectivity index (χ3n) is 4.28. The summed E-state index contributed by atoms with van der Waals surface area (Å²) in [6, 6.07) is 7.18. The maximum atomic E-state index is 13.5. The lowest BCUT2D eigenvalue weighted by Gasteiger charge is -2.12. The van der Waals surface area contributed by atoms with Crippen LogP contribution in [0.2, 0.25) is 0 Å². The topological polar surface area (TPSA) is 75.9 Å². The van der Waals surface area contributed by atoms with Crippen molar-refractivity contribution in [2.24, 2.45) is 0 Å². The van der Waals surface area contributed by atoms with E-state index >= 15 is 0 Å². The Morgan fingerprint density at radius 2 is 2.00 bits per heavy atom. The number of aromatic nitrogens is 4. The van der Waals surface area contributed by atoms with Crippen LogP contribution in [0.25, 0.3) is 11.4 Å². The third kappa shape index (κ3) is 4.89. The number of rotatable bonds is 8. The van der Waals surface area contributed by atoms with Crippen molar-refractivity contribution in [2.75, 3.05) is 5.32 Å². The van der Waals surface area contributed by atoms with E-state index < -0.39 is 17.7 Å². The van der Waals surface area contributed by atoms with Crippen molar-refractivity contribution in [1.29, 1.82) is 0 Å². The number of aliphatic hydroxyl groups is 1. The van der Waals surface area contributed by atoms with Crippen LogP contribution in [0, 0.1) is 18.6 Å². The highest BCUT2D eigenvalue weighted by molar-refractivity contribution is 5.60. The summed E-state index contributed by atoms with van der Waals surface area (Å²) >= 11 is 0. The maximum Gasteiger partial charge on any atom is 0.247 e. The quantitative estimate of drug-likeness (QED) is 0.605. The Kier molecular flexibility index (Phi) is 6.30. The van der Waals surface area contributed by atoms with E-state index in [1.807, 2.05) is 19.1 Å². The second-order valence-corrected chi connectivity index (χ2v) is 6.68. The number of nitrogens with zero attached hydrogens (tertiary/aromatic N) is 4. The van der Waals surface area contributed by atoms with Crippen molar-refractivity contribution in [1.82, 2.24) is 19.7 Å². The van der Waals surface area contributed by atoms with Gasteiger partial charge in [0.15, 0.2) is 17.5 Å². The van der Waals surface area contributed by atoms with E-state index in [1.54, 1.807) is 10.9 Å². The fraction of sp³-hybridized carbons (Fsp3) is 0.350. The summed E-state index contributed by atoms with van der Waals surface area (Å²) in [4.78, 5) is 8.68. The Morgan fingerprint density at radius 1 is 1.18 bits per heavy atom. The van der Waals surface area contributed by atoms with Crippen LogP contribution >= 0.6 is 0 Å². The molecule has 0 saturated carbocycles. The van der Waals surface area contributed by atoms with Crippen LogP contribution in [-0.4, -0.2) is 31.0 Å². The van der Waals surface area contributed by atoms with Gasteiger partial charge in [0, 0.05) is 29.2 Å². The first-order chi connectivity index (χ1) is 13.5. The monoisotopic (exact) mass is 387 g/mol. The summed E-state index contributed by atoms with van der Waals surface area (Å²) in [6.45, 7) is 4.22. The minimum absolute atomic E-state index is 0.234. The number of pyridine rings is 1. The molecule has 28 heavy (non-hydrogen) atoms. The van der Waals surface area contributed by atoms with Crippen LogP contribution in [0.4, 0.5) is 20.4 Å².